The first kappa shape index (κ1) is 28.3. The van der Waals surface area contributed by atoms with E-state index in [0.29, 0.717) is 24.2 Å². The van der Waals surface area contributed by atoms with Crippen molar-refractivity contribution in [2.45, 2.75) is 39.8 Å². The van der Waals surface area contributed by atoms with E-state index < -0.39 is 34.5 Å². The van der Waals surface area contributed by atoms with Gasteiger partial charge in [-0.1, -0.05) is 51.1 Å². The lowest BCUT2D eigenvalue weighted by Crippen LogP contribution is -2.53. The Morgan fingerprint density at radius 2 is 1.60 bits per heavy atom. The summed E-state index contributed by atoms with van der Waals surface area (Å²) in [6.45, 7) is 5.69. The molecule has 35 heavy (non-hydrogen) atoms. The van der Waals surface area contributed by atoms with Gasteiger partial charge in [-0.3, -0.25) is 9.59 Å². The summed E-state index contributed by atoms with van der Waals surface area (Å²) in [6, 6.07) is 13.1. The van der Waals surface area contributed by atoms with Crippen molar-refractivity contribution in [2.75, 3.05) is 31.5 Å². The third-order valence-corrected chi connectivity index (χ3v) is 7.22. The number of rotatable bonds is 12. The van der Waals surface area contributed by atoms with E-state index in [1.54, 1.807) is 49.4 Å². The van der Waals surface area contributed by atoms with Crippen LogP contribution < -0.4 is 9.62 Å². The number of benzene rings is 2. The molecule has 2 aromatic carbocycles. The first-order chi connectivity index (χ1) is 16.5. The maximum atomic E-state index is 13.7. The van der Waals surface area contributed by atoms with Crippen LogP contribution in [0.3, 0.4) is 0 Å². The fraction of sp³-hybridized carbons (Fsp3) is 0.440. The van der Waals surface area contributed by atoms with Crippen LogP contribution in [-0.2, 0) is 26.3 Å². The van der Waals surface area contributed by atoms with Crippen LogP contribution in [0, 0.1) is 11.7 Å². The Labute approximate surface area is 207 Å². The number of halogens is 1. The van der Waals surface area contributed by atoms with Gasteiger partial charge in [-0.05, 0) is 42.2 Å². The first-order valence-electron chi connectivity index (χ1n) is 11.5. The highest BCUT2D eigenvalue weighted by Gasteiger charge is 2.33. The Morgan fingerprint density at radius 1 is 1.00 bits per heavy atom. The smallest absolute Gasteiger partial charge is 0.304 e. The fourth-order valence-corrected chi connectivity index (χ4v) is 4.50. The molecule has 1 atom stereocenters. The molecule has 2 amide bonds. The Balaban J connectivity index is 2.44. The number of nitrogens with one attached hydrogen (secondary N) is 1. The van der Waals surface area contributed by atoms with E-state index in [1.807, 2.05) is 13.8 Å². The molecular formula is C25H35FN4O4S. The third-order valence-electron chi connectivity index (χ3n) is 5.40. The lowest BCUT2D eigenvalue weighted by atomic mass is 10.1. The molecule has 2 rings (SSSR count). The molecule has 8 nitrogen and oxygen atoms in total. The highest BCUT2D eigenvalue weighted by molar-refractivity contribution is 7.90. The number of carbonyl (C=O) groups excluding carboxylic acids is 2. The van der Waals surface area contributed by atoms with E-state index in [4.69, 9.17) is 0 Å². The molecule has 0 bridgehead atoms. The number of anilines is 1. The van der Waals surface area contributed by atoms with Crippen LogP contribution in [0.1, 0.15) is 32.8 Å². The topological polar surface area (TPSA) is 90.0 Å². The molecule has 0 unspecified atom stereocenters. The summed E-state index contributed by atoms with van der Waals surface area (Å²) in [5, 5.41) is 2.86. The lowest BCUT2D eigenvalue weighted by molar-refractivity contribution is -0.140. The average Bonchev–Trinajstić information content (AvgIpc) is 2.82. The molecule has 0 aliphatic carbocycles. The van der Waals surface area contributed by atoms with Crippen LogP contribution in [0.25, 0.3) is 0 Å². The van der Waals surface area contributed by atoms with Gasteiger partial charge in [0.05, 0.1) is 5.69 Å². The van der Waals surface area contributed by atoms with Gasteiger partial charge in [0, 0.05) is 27.2 Å². The zero-order valence-electron chi connectivity index (χ0n) is 20.9. The predicted molar refractivity (Wildman–Crippen MR) is 135 cm³/mol. The van der Waals surface area contributed by atoms with Gasteiger partial charge in [-0.2, -0.15) is 12.7 Å². The van der Waals surface area contributed by atoms with E-state index >= 15 is 0 Å². The highest BCUT2D eigenvalue weighted by atomic mass is 32.2. The zero-order chi connectivity index (χ0) is 26.2. The number of carbonyl (C=O) groups is 2. The van der Waals surface area contributed by atoms with Gasteiger partial charge in [-0.15, -0.1) is 0 Å². The molecule has 0 aliphatic heterocycles. The number of nitrogens with zero attached hydrogens (tertiary/aromatic N) is 3. The Kier molecular flexibility index (Phi) is 10.2. The second kappa shape index (κ2) is 12.6. The van der Waals surface area contributed by atoms with Crippen LogP contribution >= 0.6 is 0 Å². The first-order valence-corrected chi connectivity index (χ1v) is 12.9. The Morgan fingerprint density at radius 3 is 2.11 bits per heavy atom. The summed E-state index contributed by atoms with van der Waals surface area (Å²) >= 11 is 0. The fourth-order valence-electron chi connectivity index (χ4n) is 3.44. The van der Waals surface area contributed by atoms with Crippen LogP contribution in [0.15, 0.2) is 54.6 Å². The SMILES string of the molecule is CC[C@H](C(=O)NCC(C)C)N(Cc1ccc(F)cc1)C(=O)CN(c1ccccc1)S(=O)(=O)N(C)C. The minimum Gasteiger partial charge on any atom is -0.354 e. The highest BCUT2D eigenvalue weighted by Crippen LogP contribution is 2.21. The molecule has 0 saturated heterocycles. The minimum atomic E-state index is -4.00. The molecule has 0 heterocycles. The molecule has 192 valence electrons. The number of para-hydroxylation sites is 1. The van der Waals surface area contributed by atoms with Crippen LogP contribution in [0.4, 0.5) is 10.1 Å². The van der Waals surface area contributed by atoms with Crippen molar-refractivity contribution in [3.05, 3.63) is 66.0 Å². The molecule has 2 aromatic rings. The zero-order valence-corrected chi connectivity index (χ0v) is 21.8. The van der Waals surface area contributed by atoms with Crippen LogP contribution in [-0.4, -0.2) is 62.7 Å². The second-order valence-corrected chi connectivity index (χ2v) is 10.9. The molecular weight excluding hydrogens is 471 g/mol. The van der Waals surface area contributed by atoms with E-state index in [1.165, 1.54) is 31.1 Å². The van der Waals surface area contributed by atoms with Crippen molar-refractivity contribution in [2.24, 2.45) is 5.92 Å². The van der Waals surface area contributed by atoms with Crippen molar-refractivity contribution in [1.29, 1.82) is 0 Å². The van der Waals surface area contributed by atoms with Gasteiger partial charge in [0.1, 0.15) is 18.4 Å². The molecule has 0 aromatic heterocycles. The normalized spacial score (nSPS) is 12.5. The Hall–Kier alpha value is -2.98. The largest absolute Gasteiger partial charge is 0.354 e. The molecule has 0 spiro atoms. The summed E-state index contributed by atoms with van der Waals surface area (Å²) in [6.07, 6.45) is 0.322. The molecule has 0 saturated carbocycles. The van der Waals surface area contributed by atoms with Gasteiger partial charge in [-0.25, -0.2) is 8.70 Å². The summed E-state index contributed by atoms with van der Waals surface area (Å²) in [7, 11) is -1.23. The van der Waals surface area contributed by atoms with E-state index in [9.17, 15) is 22.4 Å². The maximum Gasteiger partial charge on any atom is 0.304 e. The maximum absolute atomic E-state index is 13.7. The van der Waals surface area contributed by atoms with Gasteiger partial charge >= 0.3 is 10.2 Å². The lowest BCUT2D eigenvalue weighted by Gasteiger charge is -2.34. The van der Waals surface area contributed by atoms with Crippen molar-refractivity contribution >= 4 is 27.7 Å². The van der Waals surface area contributed by atoms with E-state index in [2.05, 4.69) is 5.32 Å². The van der Waals surface area contributed by atoms with Gasteiger partial charge in [0.15, 0.2) is 0 Å². The number of hydrogen-bond donors (Lipinski definition) is 1. The monoisotopic (exact) mass is 506 g/mol. The van der Waals surface area contributed by atoms with Crippen molar-refractivity contribution < 1.29 is 22.4 Å². The van der Waals surface area contributed by atoms with Gasteiger partial charge in [0.2, 0.25) is 11.8 Å². The molecule has 0 fully saturated rings. The quantitative estimate of drug-likeness (QED) is 0.479. The van der Waals surface area contributed by atoms with Gasteiger partial charge in [0.25, 0.3) is 0 Å². The predicted octanol–water partition coefficient (Wildman–Crippen LogP) is 3.02. The van der Waals surface area contributed by atoms with Crippen LogP contribution in [0.2, 0.25) is 0 Å². The van der Waals surface area contributed by atoms with E-state index in [-0.39, 0.29) is 18.4 Å². The summed E-state index contributed by atoms with van der Waals surface area (Å²) in [5.74, 6) is -1.06. The van der Waals surface area contributed by atoms with Crippen LogP contribution in [0.5, 0.6) is 0 Å². The molecule has 1 N–H and O–H groups in total. The van der Waals surface area contributed by atoms with Crippen molar-refractivity contribution in [3.8, 4) is 0 Å². The summed E-state index contributed by atoms with van der Waals surface area (Å²) < 4.78 is 41.7. The Bertz CT molecular complexity index is 1080. The summed E-state index contributed by atoms with van der Waals surface area (Å²) in [5.41, 5.74) is 0.949. The van der Waals surface area contributed by atoms with Crippen molar-refractivity contribution in [1.82, 2.24) is 14.5 Å². The third kappa shape index (κ3) is 7.76. The molecule has 0 radical (unpaired) electrons. The molecule has 10 heteroatoms. The minimum absolute atomic E-state index is 0.0252. The summed E-state index contributed by atoms with van der Waals surface area (Å²) in [4.78, 5) is 28.0. The van der Waals surface area contributed by atoms with Crippen molar-refractivity contribution in [3.63, 3.8) is 0 Å². The van der Waals surface area contributed by atoms with Gasteiger partial charge < -0.3 is 10.2 Å². The second-order valence-electron chi connectivity index (χ2n) is 8.84. The van der Waals surface area contributed by atoms with E-state index in [0.717, 1.165) is 8.61 Å². The number of hydrogen-bond acceptors (Lipinski definition) is 4. The standard InChI is InChI=1S/C25H35FN4O4S/c1-6-23(25(32)27-16-19(2)3)29(17-20-12-14-21(26)15-13-20)24(31)18-30(35(33,34)28(4)5)22-10-8-7-9-11-22/h7-15,19,23H,6,16-18H2,1-5H3,(H,27,32)/t23-/m1/s1. The number of amides is 2. The molecule has 0 aliphatic rings. The average molecular weight is 507 g/mol.